The molecule has 0 aliphatic carbocycles. The van der Waals surface area contributed by atoms with Crippen molar-refractivity contribution < 1.29 is 18.3 Å². The molecule has 2 aromatic rings. The number of phenols is 1. The third-order valence-electron chi connectivity index (χ3n) is 2.97. The van der Waals surface area contributed by atoms with Crippen molar-refractivity contribution in [3.8, 4) is 5.75 Å². The lowest BCUT2D eigenvalue weighted by molar-refractivity contribution is -0.124. The predicted molar refractivity (Wildman–Crippen MR) is 67.2 cm³/mol. The van der Waals surface area contributed by atoms with Crippen molar-refractivity contribution in [1.29, 1.82) is 0 Å². The van der Waals surface area contributed by atoms with Crippen molar-refractivity contribution in [3.63, 3.8) is 0 Å². The molecule has 0 bridgehead atoms. The van der Waals surface area contributed by atoms with Gasteiger partial charge >= 0.3 is 6.18 Å². The van der Waals surface area contributed by atoms with Gasteiger partial charge in [-0.3, -0.25) is 0 Å². The number of phenolic OH excluding ortho intramolecular Hbond substituents is 1. The highest BCUT2D eigenvalue weighted by Crippen LogP contribution is 2.29. The van der Waals surface area contributed by atoms with Gasteiger partial charge in [0.2, 0.25) is 0 Å². The maximum Gasteiger partial charge on any atom is 0.401 e. The Bertz CT molecular complexity index is 575. The van der Waals surface area contributed by atoms with Crippen molar-refractivity contribution >= 4 is 10.9 Å². The summed E-state index contributed by atoms with van der Waals surface area (Å²) < 4.78 is 37.8. The van der Waals surface area contributed by atoms with E-state index in [1.165, 1.54) is 0 Å². The Kier molecular flexibility index (Phi) is 3.71. The van der Waals surface area contributed by atoms with Crippen LogP contribution in [0.1, 0.15) is 5.56 Å². The molecule has 0 atom stereocenters. The molecule has 3 nitrogen and oxygen atoms in total. The van der Waals surface area contributed by atoms with Crippen molar-refractivity contribution in [3.05, 3.63) is 30.0 Å². The number of aromatic nitrogens is 1. The molecule has 19 heavy (non-hydrogen) atoms. The summed E-state index contributed by atoms with van der Waals surface area (Å²) in [5, 5.41) is 12.9. The van der Waals surface area contributed by atoms with E-state index in [2.05, 4.69) is 5.32 Å². The number of alkyl halides is 3. The van der Waals surface area contributed by atoms with Gasteiger partial charge in [-0.25, -0.2) is 0 Å². The van der Waals surface area contributed by atoms with Gasteiger partial charge in [-0.15, -0.1) is 0 Å². The summed E-state index contributed by atoms with van der Waals surface area (Å²) in [5.41, 5.74) is 1.70. The average Bonchev–Trinajstić information content (AvgIpc) is 2.62. The van der Waals surface area contributed by atoms with E-state index >= 15 is 0 Å². The van der Waals surface area contributed by atoms with Gasteiger partial charge in [0.25, 0.3) is 0 Å². The van der Waals surface area contributed by atoms with Crippen LogP contribution in [0.5, 0.6) is 5.75 Å². The second-order valence-electron chi connectivity index (χ2n) is 4.48. The minimum absolute atomic E-state index is 0.156. The number of hydrogen-bond donors (Lipinski definition) is 2. The fourth-order valence-corrected chi connectivity index (χ4v) is 2.16. The van der Waals surface area contributed by atoms with Crippen LogP contribution in [0.15, 0.2) is 24.4 Å². The Labute approximate surface area is 108 Å². The number of rotatable bonds is 4. The summed E-state index contributed by atoms with van der Waals surface area (Å²) in [4.78, 5) is 0. The third kappa shape index (κ3) is 3.20. The quantitative estimate of drug-likeness (QED) is 0.839. The Morgan fingerprint density at radius 2 is 2.05 bits per heavy atom. The lowest BCUT2D eigenvalue weighted by Gasteiger charge is -2.07. The van der Waals surface area contributed by atoms with Gasteiger partial charge in [-0.2, -0.15) is 13.2 Å². The van der Waals surface area contributed by atoms with Gasteiger partial charge in [-0.1, -0.05) is 6.07 Å². The standard InChI is InChI=1S/C13H15F3N2O/c1-18-7-9(5-6-17-8-13(14,15)16)12-10(18)3-2-4-11(12)19/h2-4,7,17,19H,5-6,8H2,1H3. The number of aromatic hydroxyl groups is 1. The van der Waals surface area contributed by atoms with E-state index < -0.39 is 12.7 Å². The van der Waals surface area contributed by atoms with Crippen LogP contribution < -0.4 is 5.32 Å². The Hall–Kier alpha value is -1.69. The van der Waals surface area contributed by atoms with Gasteiger partial charge in [0.1, 0.15) is 5.75 Å². The molecule has 0 aliphatic heterocycles. The van der Waals surface area contributed by atoms with Crippen LogP contribution in [0.4, 0.5) is 13.2 Å². The Balaban J connectivity index is 2.09. The van der Waals surface area contributed by atoms with Gasteiger partial charge in [-0.05, 0) is 30.7 Å². The molecule has 1 aromatic heterocycles. The molecule has 0 spiro atoms. The maximum atomic E-state index is 12.0. The zero-order valence-electron chi connectivity index (χ0n) is 10.5. The van der Waals surface area contributed by atoms with Gasteiger partial charge in [0.15, 0.2) is 0 Å². The van der Waals surface area contributed by atoms with E-state index in [1.54, 1.807) is 12.1 Å². The number of nitrogens with zero attached hydrogens (tertiary/aromatic N) is 1. The first-order valence-electron chi connectivity index (χ1n) is 5.92. The lowest BCUT2D eigenvalue weighted by Crippen LogP contribution is -2.30. The molecule has 2 N–H and O–H groups in total. The number of fused-ring (bicyclic) bond motifs is 1. The van der Waals surface area contributed by atoms with Crippen LogP contribution in [0, 0.1) is 0 Å². The molecule has 104 valence electrons. The summed E-state index contributed by atoms with van der Waals surface area (Å²) >= 11 is 0. The van der Waals surface area contributed by atoms with Crippen molar-refractivity contribution in [2.45, 2.75) is 12.6 Å². The molecule has 0 amide bonds. The van der Waals surface area contributed by atoms with Crippen molar-refractivity contribution in [2.24, 2.45) is 7.05 Å². The van der Waals surface area contributed by atoms with E-state index in [-0.39, 0.29) is 12.3 Å². The van der Waals surface area contributed by atoms with Crippen LogP contribution in [0.2, 0.25) is 0 Å². The largest absolute Gasteiger partial charge is 0.507 e. The second-order valence-corrected chi connectivity index (χ2v) is 4.48. The summed E-state index contributed by atoms with van der Waals surface area (Å²) in [5.74, 6) is 0.156. The van der Waals surface area contributed by atoms with Crippen LogP contribution in [0.3, 0.4) is 0 Å². The van der Waals surface area contributed by atoms with Crippen LogP contribution >= 0.6 is 0 Å². The molecule has 1 aromatic carbocycles. The minimum atomic E-state index is -4.19. The number of aryl methyl sites for hydroxylation is 1. The fourth-order valence-electron chi connectivity index (χ4n) is 2.16. The van der Waals surface area contributed by atoms with E-state index in [0.29, 0.717) is 11.8 Å². The zero-order valence-corrected chi connectivity index (χ0v) is 10.5. The molecule has 0 radical (unpaired) electrons. The molecule has 0 aliphatic rings. The zero-order chi connectivity index (χ0) is 14.0. The van der Waals surface area contributed by atoms with Crippen molar-refractivity contribution in [1.82, 2.24) is 9.88 Å². The lowest BCUT2D eigenvalue weighted by atomic mass is 10.1. The number of nitrogens with one attached hydrogen (secondary N) is 1. The van der Waals surface area contributed by atoms with Crippen LogP contribution in [-0.4, -0.2) is 28.9 Å². The number of hydrogen-bond acceptors (Lipinski definition) is 2. The summed E-state index contributed by atoms with van der Waals surface area (Å²) in [6.45, 7) is -0.781. The predicted octanol–water partition coefficient (Wildman–Crippen LogP) is 2.58. The van der Waals surface area contributed by atoms with E-state index in [1.807, 2.05) is 23.9 Å². The maximum absolute atomic E-state index is 12.0. The van der Waals surface area contributed by atoms with Crippen LogP contribution in [-0.2, 0) is 13.5 Å². The van der Waals surface area contributed by atoms with E-state index in [9.17, 15) is 18.3 Å². The van der Waals surface area contributed by atoms with Gasteiger partial charge in [0, 0.05) is 18.6 Å². The molecule has 0 unspecified atom stereocenters. The highest BCUT2D eigenvalue weighted by Gasteiger charge is 2.26. The summed E-state index contributed by atoms with van der Waals surface area (Å²) in [6.07, 6.45) is -1.93. The highest BCUT2D eigenvalue weighted by atomic mass is 19.4. The summed E-state index contributed by atoms with van der Waals surface area (Å²) in [7, 11) is 1.84. The van der Waals surface area contributed by atoms with E-state index in [0.717, 1.165) is 11.1 Å². The molecule has 6 heteroatoms. The van der Waals surface area contributed by atoms with E-state index in [4.69, 9.17) is 0 Å². The first-order valence-corrected chi connectivity index (χ1v) is 5.92. The number of benzene rings is 1. The smallest absolute Gasteiger partial charge is 0.401 e. The number of halogens is 3. The van der Waals surface area contributed by atoms with Crippen LogP contribution in [0.25, 0.3) is 10.9 Å². The second kappa shape index (κ2) is 5.13. The fraction of sp³-hybridized carbons (Fsp3) is 0.385. The van der Waals surface area contributed by atoms with Crippen molar-refractivity contribution in [2.75, 3.05) is 13.1 Å². The molecule has 0 saturated carbocycles. The topological polar surface area (TPSA) is 37.2 Å². The van der Waals surface area contributed by atoms with Gasteiger partial charge < -0.3 is 15.0 Å². The monoisotopic (exact) mass is 272 g/mol. The summed E-state index contributed by atoms with van der Waals surface area (Å²) in [6, 6.07) is 5.18. The average molecular weight is 272 g/mol. The molecule has 1 heterocycles. The Morgan fingerprint density at radius 1 is 1.32 bits per heavy atom. The Morgan fingerprint density at radius 3 is 2.74 bits per heavy atom. The SMILES string of the molecule is Cn1cc(CCNCC(F)(F)F)c2c(O)cccc21. The van der Waals surface area contributed by atoms with Gasteiger partial charge in [0.05, 0.1) is 12.1 Å². The highest BCUT2D eigenvalue weighted by molar-refractivity contribution is 5.89. The molecular formula is C13H15F3N2O. The normalized spacial score (nSPS) is 12.2. The molecule has 0 fully saturated rings. The molecular weight excluding hydrogens is 257 g/mol. The first kappa shape index (κ1) is 13.7. The first-order chi connectivity index (χ1) is 8.88. The third-order valence-corrected chi connectivity index (χ3v) is 2.97. The minimum Gasteiger partial charge on any atom is -0.507 e. The molecule has 2 rings (SSSR count). The molecule has 0 saturated heterocycles.